The van der Waals surface area contributed by atoms with Crippen LogP contribution >= 0.6 is 23.2 Å². The van der Waals surface area contributed by atoms with Crippen LogP contribution in [-0.4, -0.2) is 31.3 Å². The molecule has 0 atom stereocenters. The van der Waals surface area contributed by atoms with Gasteiger partial charge in [0.05, 0.1) is 16.1 Å². The van der Waals surface area contributed by atoms with Gasteiger partial charge in [0.2, 0.25) is 0 Å². The third-order valence-corrected chi connectivity index (χ3v) is 3.51. The highest BCUT2D eigenvalue weighted by atomic mass is 35.5. The number of rotatable bonds is 4. The summed E-state index contributed by atoms with van der Waals surface area (Å²) in [5.74, 6) is 1.29. The summed E-state index contributed by atoms with van der Waals surface area (Å²) in [6.07, 6.45) is 2.31. The van der Waals surface area contributed by atoms with Gasteiger partial charge in [-0.2, -0.15) is 0 Å². The number of aromatic nitrogens is 1. The molecule has 0 spiro atoms. The van der Waals surface area contributed by atoms with E-state index in [4.69, 9.17) is 27.9 Å². The minimum absolute atomic E-state index is 0.349. The van der Waals surface area contributed by atoms with Gasteiger partial charge in [0.1, 0.15) is 11.6 Å². The summed E-state index contributed by atoms with van der Waals surface area (Å²) < 4.78 is 5.22. The second-order valence-corrected chi connectivity index (χ2v) is 4.88. The van der Waals surface area contributed by atoms with Crippen molar-refractivity contribution in [2.45, 2.75) is 25.0 Å². The molecule has 1 aliphatic rings. The van der Waals surface area contributed by atoms with Crippen molar-refractivity contribution in [3.63, 3.8) is 0 Å². The number of halogens is 2. The topological polar surface area (TPSA) is 46.2 Å². The maximum atomic E-state index is 6.09. The number of hydrogen-bond donors (Lipinski definition) is 2. The molecule has 1 heterocycles. The number of ether oxygens (including phenoxy) is 1. The average molecular weight is 276 g/mol. The first-order valence-electron chi connectivity index (χ1n) is 5.47. The Hall–Kier alpha value is -0.710. The van der Waals surface area contributed by atoms with Crippen LogP contribution < -0.4 is 10.6 Å². The molecule has 4 nitrogen and oxygen atoms in total. The van der Waals surface area contributed by atoms with Crippen LogP contribution in [0.3, 0.4) is 0 Å². The molecule has 0 radical (unpaired) electrons. The van der Waals surface area contributed by atoms with Gasteiger partial charge in [-0.1, -0.05) is 23.2 Å². The normalized spacial score (nSPS) is 23.1. The molecular weight excluding hydrogens is 261 g/mol. The zero-order chi connectivity index (χ0) is 12.4. The predicted octanol–water partition coefficient (Wildman–Crippen LogP) is 3.02. The zero-order valence-corrected chi connectivity index (χ0v) is 11.3. The van der Waals surface area contributed by atoms with Gasteiger partial charge in [0, 0.05) is 20.2 Å². The average Bonchev–Trinajstić information content (AvgIpc) is 2.25. The highest BCUT2D eigenvalue weighted by molar-refractivity contribution is 6.37. The van der Waals surface area contributed by atoms with Crippen LogP contribution in [-0.2, 0) is 4.74 Å². The summed E-state index contributed by atoms with van der Waals surface area (Å²) in [7, 11) is 3.50. The zero-order valence-electron chi connectivity index (χ0n) is 9.76. The van der Waals surface area contributed by atoms with Gasteiger partial charge >= 0.3 is 0 Å². The molecule has 0 saturated heterocycles. The molecule has 0 aliphatic heterocycles. The fourth-order valence-corrected chi connectivity index (χ4v) is 2.32. The van der Waals surface area contributed by atoms with Crippen LogP contribution in [0.5, 0.6) is 0 Å². The van der Waals surface area contributed by atoms with Crippen molar-refractivity contribution in [1.82, 2.24) is 4.98 Å². The van der Waals surface area contributed by atoms with Crippen molar-refractivity contribution in [3.05, 3.63) is 16.1 Å². The van der Waals surface area contributed by atoms with Gasteiger partial charge in [-0.3, -0.25) is 0 Å². The van der Waals surface area contributed by atoms with E-state index in [0.717, 1.165) is 12.8 Å². The summed E-state index contributed by atoms with van der Waals surface area (Å²) in [5.41, 5.74) is 0. The summed E-state index contributed by atoms with van der Waals surface area (Å²) in [6, 6.07) is 2.06. The molecule has 1 aromatic rings. The maximum Gasteiger partial charge on any atom is 0.147 e. The first-order valence-corrected chi connectivity index (χ1v) is 6.22. The van der Waals surface area contributed by atoms with E-state index in [9.17, 15) is 0 Å². The van der Waals surface area contributed by atoms with E-state index >= 15 is 0 Å². The van der Waals surface area contributed by atoms with E-state index < -0.39 is 0 Å². The first-order chi connectivity index (χ1) is 8.13. The van der Waals surface area contributed by atoms with E-state index in [0.29, 0.717) is 33.8 Å². The van der Waals surface area contributed by atoms with E-state index in [-0.39, 0.29) is 0 Å². The molecule has 1 fully saturated rings. The van der Waals surface area contributed by atoms with Crippen LogP contribution in [0.2, 0.25) is 10.0 Å². The van der Waals surface area contributed by atoms with Crippen molar-refractivity contribution in [2.75, 3.05) is 24.8 Å². The molecule has 0 bridgehead atoms. The number of hydrogen-bond acceptors (Lipinski definition) is 4. The van der Waals surface area contributed by atoms with Gasteiger partial charge in [0.15, 0.2) is 0 Å². The molecule has 94 valence electrons. The van der Waals surface area contributed by atoms with Gasteiger partial charge in [-0.25, -0.2) is 4.98 Å². The second kappa shape index (κ2) is 5.29. The molecule has 2 rings (SSSR count). The lowest BCUT2D eigenvalue weighted by Crippen LogP contribution is -2.40. The van der Waals surface area contributed by atoms with Crippen molar-refractivity contribution in [2.24, 2.45) is 0 Å². The summed E-state index contributed by atoms with van der Waals surface area (Å²) >= 11 is 12.1. The number of nitrogens with one attached hydrogen (secondary N) is 2. The molecule has 0 unspecified atom stereocenters. The highest BCUT2D eigenvalue weighted by Crippen LogP contribution is 2.32. The maximum absolute atomic E-state index is 6.09. The molecule has 0 aromatic carbocycles. The van der Waals surface area contributed by atoms with E-state index in [1.54, 1.807) is 20.2 Å². The fraction of sp³-hybridized carbons (Fsp3) is 0.545. The van der Waals surface area contributed by atoms with Crippen molar-refractivity contribution < 1.29 is 4.74 Å². The molecule has 6 heteroatoms. The minimum atomic E-state index is 0.349. The Morgan fingerprint density at radius 1 is 1.29 bits per heavy atom. The smallest absolute Gasteiger partial charge is 0.147 e. The lowest BCUT2D eigenvalue weighted by atomic mass is 9.89. The standard InChI is InChI=1S/C11H15Cl2N3O/c1-14-10-8(12)5-9(13)11(16-10)15-6-3-7(4-6)17-2/h5-7H,3-4H2,1-2H3,(H2,14,15,16). The third kappa shape index (κ3) is 2.76. The minimum Gasteiger partial charge on any atom is -0.381 e. The monoisotopic (exact) mass is 275 g/mol. The first kappa shape index (κ1) is 12.7. The molecule has 17 heavy (non-hydrogen) atoms. The van der Waals surface area contributed by atoms with Crippen molar-refractivity contribution in [3.8, 4) is 0 Å². The Balaban J connectivity index is 2.06. The van der Waals surface area contributed by atoms with Gasteiger partial charge < -0.3 is 15.4 Å². The van der Waals surface area contributed by atoms with E-state index in [2.05, 4.69) is 15.6 Å². The van der Waals surface area contributed by atoms with E-state index in [1.807, 2.05) is 0 Å². The summed E-state index contributed by atoms with van der Waals surface area (Å²) in [6.45, 7) is 0. The van der Waals surface area contributed by atoms with Gasteiger partial charge in [-0.15, -0.1) is 0 Å². The Bertz CT molecular complexity index is 408. The molecule has 2 N–H and O–H groups in total. The summed E-state index contributed by atoms with van der Waals surface area (Å²) in [4.78, 5) is 4.34. The number of nitrogens with zero attached hydrogens (tertiary/aromatic N) is 1. The van der Waals surface area contributed by atoms with Gasteiger partial charge in [0.25, 0.3) is 0 Å². The molecule has 1 saturated carbocycles. The highest BCUT2D eigenvalue weighted by Gasteiger charge is 2.29. The largest absolute Gasteiger partial charge is 0.381 e. The summed E-state index contributed by atoms with van der Waals surface area (Å²) in [5, 5.41) is 7.27. The SMILES string of the molecule is CNc1nc(NC2CC(OC)C2)c(Cl)cc1Cl. The van der Waals surface area contributed by atoms with Crippen LogP contribution in [0.15, 0.2) is 6.07 Å². The lowest BCUT2D eigenvalue weighted by molar-refractivity contribution is 0.0328. The van der Waals surface area contributed by atoms with Crippen molar-refractivity contribution >= 4 is 34.8 Å². The molecule has 0 amide bonds. The Morgan fingerprint density at radius 2 is 1.94 bits per heavy atom. The molecule has 1 aliphatic carbocycles. The second-order valence-electron chi connectivity index (χ2n) is 4.07. The number of methoxy groups -OCH3 is 1. The Kier molecular flexibility index (Phi) is 3.97. The number of anilines is 2. The fourth-order valence-electron chi connectivity index (χ4n) is 1.81. The quantitative estimate of drug-likeness (QED) is 0.887. The molecular formula is C11H15Cl2N3O. The van der Waals surface area contributed by atoms with Crippen molar-refractivity contribution in [1.29, 1.82) is 0 Å². The van der Waals surface area contributed by atoms with E-state index in [1.165, 1.54) is 0 Å². The van der Waals surface area contributed by atoms with Crippen LogP contribution in [0.1, 0.15) is 12.8 Å². The predicted molar refractivity (Wildman–Crippen MR) is 71.2 cm³/mol. The van der Waals surface area contributed by atoms with Crippen LogP contribution in [0.4, 0.5) is 11.6 Å². The number of pyridine rings is 1. The third-order valence-electron chi connectivity index (χ3n) is 2.94. The lowest BCUT2D eigenvalue weighted by Gasteiger charge is -2.35. The molecule has 1 aromatic heterocycles. The van der Waals surface area contributed by atoms with Crippen LogP contribution in [0.25, 0.3) is 0 Å². The van der Waals surface area contributed by atoms with Gasteiger partial charge in [-0.05, 0) is 18.9 Å². The van der Waals surface area contributed by atoms with Crippen LogP contribution in [0, 0.1) is 0 Å². The Labute approximate surface area is 111 Å². The Morgan fingerprint density at radius 3 is 2.53 bits per heavy atom.